The second-order valence-electron chi connectivity index (χ2n) is 3.27. The highest BCUT2D eigenvalue weighted by Gasteiger charge is 2.23. The molecule has 74 valence electrons. The lowest BCUT2D eigenvalue weighted by Crippen LogP contribution is -2.24. The maximum atomic E-state index is 13.5. The number of hydrogen-bond acceptors (Lipinski definition) is 1. The number of anilines is 1. The minimum atomic E-state index is -0.357. The molecule has 0 saturated carbocycles. The fourth-order valence-corrected chi connectivity index (χ4v) is 1.93. The summed E-state index contributed by atoms with van der Waals surface area (Å²) in [5, 5.41) is 8.01. The molecule has 1 N–H and O–H groups in total. The molecule has 0 atom stereocenters. The molecular formula is C10H10ClFN2. The Bertz CT molecular complexity index is 358. The molecule has 2 nitrogen and oxygen atoms in total. The minimum absolute atomic E-state index is 0.344. The summed E-state index contributed by atoms with van der Waals surface area (Å²) in [7, 11) is 0. The van der Waals surface area contributed by atoms with E-state index < -0.39 is 0 Å². The maximum absolute atomic E-state index is 13.5. The van der Waals surface area contributed by atoms with Crippen LogP contribution in [0.3, 0.4) is 0 Å². The van der Waals surface area contributed by atoms with Crippen LogP contribution in [0.2, 0.25) is 5.02 Å². The molecule has 0 radical (unpaired) electrons. The van der Waals surface area contributed by atoms with Crippen molar-refractivity contribution in [3.05, 3.63) is 29.0 Å². The van der Waals surface area contributed by atoms with Crippen molar-refractivity contribution >= 4 is 23.1 Å². The SMILES string of the molecule is N=C1CCCN1c1c(F)cccc1Cl. The lowest BCUT2D eigenvalue weighted by atomic mass is 10.3. The normalized spacial score (nSPS) is 16.4. The van der Waals surface area contributed by atoms with E-state index in [2.05, 4.69) is 0 Å². The van der Waals surface area contributed by atoms with Gasteiger partial charge in [0, 0.05) is 13.0 Å². The molecule has 4 heteroatoms. The monoisotopic (exact) mass is 212 g/mol. The second kappa shape index (κ2) is 3.58. The molecule has 1 saturated heterocycles. The van der Waals surface area contributed by atoms with E-state index in [-0.39, 0.29) is 5.82 Å². The van der Waals surface area contributed by atoms with Crippen LogP contribution < -0.4 is 4.90 Å². The molecule has 1 aromatic rings. The van der Waals surface area contributed by atoms with Gasteiger partial charge in [-0.3, -0.25) is 5.41 Å². The van der Waals surface area contributed by atoms with Crippen LogP contribution in [0.4, 0.5) is 10.1 Å². The summed E-state index contributed by atoms with van der Waals surface area (Å²) in [6.07, 6.45) is 1.59. The summed E-state index contributed by atoms with van der Waals surface area (Å²) in [5.41, 5.74) is 0.344. The fourth-order valence-electron chi connectivity index (χ4n) is 1.67. The molecule has 1 aliphatic heterocycles. The largest absolute Gasteiger partial charge is 0.327 e. The summed E-state index contributed by atoms with van der Waals surface area (Å²) >= 11 is 5.90. The average Bonchev–Trinajstić information content (AvgIpc) is 2.52. The van der Waals surface area contributed by atoms with Crippen LogP contribution in [0.1, 0.15) is 12.8 Å². The average molecular weight is 213 g/mol. The van der Waals surface area contributed by atoms with Crippen molar-refractivity contribution in [2.45, 2.75) is 12.8 Å². The second-order valence-corrected chi connectivity index (χ2v) is 3.68. The Morgan fingerprint density at radius 2 is 2.21 bits per heavy atom. The number of benzene rings is 1. The van der Waals surface area contributed by atoms with Gasteiger partial charge < -0.3 is 4.90 Å². The quantitative estimate of drug-likeness (QED) is 0.761. The van der Waals surface area contributed by atoms with E-state index in [1.165, 1.54) is 6.07 Å². The zero-order valence-electron chi connectivity index (χ0n) is 7.56. The van der Waals surface area contributed by atoms with Crippen LogP contribution in [0, 0.1) is 11.2 Å². The highest BCUT2D eigenvalue weighted by molar-refractivity contribution is 6.33. The standard InChI is InChI=1S/C10H10ClFN2/c11-7-3-1-4-8(12)10(7)14-6-2-5-9(14)13/h1,3-4,13H,2,5-6H2. The smallest absolute Gasteiger partial charge is 0.148 e. The zero-order valence-corrected chi connectivity index (χ0v) is 8.31. The Labute approximate surface area is 86.8 Å². The topological polar surface area (TPSA) is 27.1 Å². The Hall–Kier alpha value is -1.09. The number of nitrogens with one attached hydrogen (secondary N) is 1. The third kappa shape index (κ3) is 1.48. The third-order valence-corrected chi connectivity index (χ3v) is 2.63. The predicted octanol–water partition coefficient (Wildman–Crippen LogP) is 3.06. The molecule has 0 spiro atoms. The summed E-state index contributed by atoms with van der Waals surface area (Å²) in [6, 6.07) is 4.58. The highest BCUT2D eigenvalue weighted by atomic mass is 35.5. The minimum Gasteiger partial charge on any atom is -0.327 e. The molecule has 1 fully saturated rings. The Morgan fingerprint density at radius 3 is 2.79 bits per heavy atom. The number of para-hydroxylation sites is 1. The van der Waals surface area contributed by atoms with Crippen molar-refractivity contribution in [3.63, 3.8) is 0 Å². The molecule has 0 aromatic heterocycles. The van der Waals surface area contributed by atoms with Gasteiger partial charge in [0.2, 0.25) is 0 Å². The van der Waals surface area contributed by atoms with E-state index in [9.17, 15) is 4.39 Å². The molecule has 14 heavy (non-hydrogen) atoms. The van der Waals surface area contributed by atoms with E-state index in [0.29, 0.717) is 29.5 Å². The maximum Gasteiger partial charge on any atom is 0.148 e. The predicted molar refractivity (Wildman–Crippen MR) is 55.7 cm³/mol. The first-order valence-electron chi connectivity index (χ1n) is 4.49. The van der Waals surface area contributed by atoms with Crippen LogP contribution >= 0.6 is 11.6 Å². The van der Waals surface area contributed by atoms with Gasteiger partial charge >= 0.3 is 0 Å². The molecular weight excluding hydrogens is 203 g/mol. The van der Waals surface area contributed by atoms with Gasteiger partial charge in [0.1, 0.15) is 11.7 Å². The first-order valence-corrected chi connectivity index (χ1v) is 4.87. The van der Waals surface area contributed by atoms with Crippen LogP contribution in [0.25, 0.3) is 0 Å². The van der Waals surface area contributed by atoms with E-state index >= 15 is 0 Å². The Kier molecular flexibility index (Phi) is 2.42. The number of hydrogen-bond donors (Lipinski definition) is 1. The van der Waals surface area contributed by atoms with Crippen molar-refractivity contribution in [2.24, 2.45) is 0 Å². The molecule has 0 aliphatic carbocycles. The first-order chi connectivity index (χ1) is 6.70. The van der Waals surface area contributed by atoms with Crippen molar-refractivity contribution in [1.29, 1.82) is 5.41 Å². The van der Waals surface area contributed by atoms with E-state index in [1.807, 2.05) is 0 Å². The molecule has 1 aliphatic rings. The fraction of sp³-hybridized carbons (Fsp3) is 0.300. The van der Waals surface area contributed by atoms with Gasteiger partial charge in [0.25, 0.3) is 0 Å². The van der Waals surface area contributed by atoms with Gasteiger partial charge in [-0.1, -0.05) is 17.7 Å². The highest BCUT2D eigenvalue weighted by Crippen LogP contribution is 2.31. The lowest BCUT2D eigenvalue weighted by molar-refractivity contribution is 0.627. The van der Waals surface area contributed by atoms with Crippen LogP contribution in [0.5, 0.6) is 0 Å². The Morgan fingerprint density at radius 1 is 1.43 bits per heavy atom. The zero-order chi connectivity index (χ0) is 10.1. The molecule has 0 unspecified atom stereocenters. The molecule has 2 rings (SSSR count). The van der Waals surface area contributed by atoms with Crippen molar-refractivity contribution in [3.8, 4) is 0 Å². The third-order valence-electron chi connectivity index (χ3n) is 2.33. The van der Waals surface area contributed by atoms with Gasteiger partial charge in [0.15, 0.2) is 0 Å². The molecule has 1 heterocycles. The summed E-state index contributed by atoms with van der Waals surface area (Å²) in [6.45, 7) is 0.680. The molecule has 0 bridgehead atoms. The first kappa shape index (κ1) is 9.46. The number of rotatable bonds is 1. The van der Waals surface area contributed by atoms with Crippen LogP contribution in [0.15, 0.2) is 18.2 Å². The van der Waals surface area contributed by atoms with Crippen molar-refractivity contribution < 1.29 is 4.39 Å². The number of amidine groups is 1. The van der Waals surface area contributed by atoms with Crippen molar-refractivity contribution in [1.82, 2.24) is 0 Å². The summed E-state index contributed by atoms with van der Waals surface area (Å²) in [5.74, 6) is 0.0844. The van der Waals surface area contributed by atoms with Gasteiger partial charge in [-0.05, 0) is 18.6 Å². The van der Waals surface area contributed by atoms with E-state index in [4.69, 9.17) is 17.0 Å². The molecule has 1 aromatic carbocycles. The van der Waals surface area contributed by atoms with Gasteiger partial charge in [0.05, 0.1) is 10.7 Å². The summed E-state index contributed by atoms with van der Waals surface area (Å²) in [4.78, 5) is 1.64. The number of halogens is 2. The van der Waals surface area contributed by atoms with E-state index in [1.54, 1.807) is 17.0 Å². The number of nitrogens with zero attached hydrogens (tertiary/aromatic N) is 1. The van der Waals surface area contributed by atoms with E-state index in [0.717, 1.165) is 6.42 Å². The lowest BCUT2D eigenvalue weighted by Gasteiger charge is -2.19. The van der Waals surface area contributed by atoms with Crippen LogP contribution in [-0.4, -0.2) is 12.4 Å². The molecule has 0 amide bonds. The van der Waals surface area contributed by atoms with Gasteiger partial charge in [-0.25, -0.2) is 4.39 Å². The summed E-state index contributed by atoms with van der Waals surface area (Å²) < 4.78 is 13.5. The van der Waals surface area contributed by atoms with Gasteiger partial charge in [-0.2, -0.15) is 0 Å². The van der Waals surface area contributed by atoms with Gasteiger partial charge in [-0.15, -0.1) is 0 Å². The van der Waals surface area contributed by atoms with Crippen LogP contribution in [-0.2, 0) is 0 Å². The van der Waals surface area contributed by atoms with Crippen molar-refractivity contribution in [2.75, 3.05) is 11.4 Å². The Balaban J connectivity index is 2.44.